The molecule has 0 radical (unpaired) electrons. The van der Waals surface area contributed by atoms with E-state index in [1.54, 1.807) is 31.3 Å². The summed E-state index contributed by atoms with van der Waals surface area (Å²) in [6.45, 7) is 2.13. The topological polar surface area (TPSA) is 95.3 Å². The molecule has 33 heavy (non-hydrogen) atoms. The molecule has 0 unspecified atom stereocenters. The normalized spacial score (nSPS) is 10.9. The molecule has 11 heteroatoms. The second kappa shape index (κ2) is 9.38. The van der Waals surface area contributed by atoms with Crippen molar-refractivity contribution in [3.05, 3.63) is 62.3 Å². The van der Waals surface area contributed by atoms with Crippen LogP contribution in [0.25, 0.3) is 10.9 Å². The number of amides is 1. The van der Waals surface area contributed by atoms with Crippen molar-refractivity contribution in [3.8, 4) is 11.6 Å². The van der Waals surface area contributed by atoms with Gasteiger partial charge in [-0.05, 0) is 25.1 Å². The quantitative estimate of drug-likeness (QED) is 0.281. The highest BCUT2D eigenvalue weighted by Crippen LogP contribution is 2.36. The van der Waals surface area contributed by atoms with Crippen LogP contribution in [0.3, 0.4) is 0 Å². The van der Waals surface area contributed by atoms with Crippen molar-refractivity contribution in [3.63, 3.8) is 0 Å². The van der Waals surface area contributed by atoms with Crippen LogP contribution in [-0.2, 0) is 11.3 Å². The van der Waals surface area contributed by atoms with Gasteiger partial charge in [-0.2, -0.15) is 0 Å². The number of hydrogen-bond acceptors (Lipinski definition) is 7. The standard InChI is InChI=1S/C22H18Cl2N4O4S/c1-11-20(21(29)22(30)27-12-4-5-25-18(6-12)32-3)13-7-16(31-2)14(23)8-15(13)28(11)10-19-26-9-17(24)33-19/h4-9H,10H2,1-3H3,(H,25,27,30). The Bertz CT molecular complexity index is 1380. The van der Waals surface area contributed by atoms with Crippen LogP contribution >= 0.6 is 34.5 Å². The van der Waals surface area contributed by atoms with Crippen molar-refractivity contribution in [2.24, 2.45) is 0 Å². The molecule has 4 aromatic rings. The number of methoxy groups -OCH3 is 2. The van der Waals surface area contributed by atoms with E-state index in [-0.39, 0.29) is 5.56 Å². The van der Waals surface area contributed by atoms with Gasteiger partial charge in [0.05, 0.1) is 43.1 Å². The third kappa shape index (κ3) is 4.52. The van der Waals surface area contributed by atoms with Gasteiger partial charge in [0.2, 0.25) is 5.88 Å². The molecule has 0 aliphatic rings. The lowest BCUT2D eigenvalue weighted by Crippen LogP contribution is -2.23. The fourth-order valence-corrected chi connectivity index (χ4v) is 4.70. The average Bonchev–Trinajstić information content (AvgIpc) is 3.33. The van der Waals surface area contributed by atoms with E-state index in [4.69, 9.17) is 32.7 Å². The first kappa shape index (κ1) is 23.0. The maximum atomic E-state index is 13.3. The first-order chi connectivity index (χ1) is 15.8. The number of nitrogens with one attached hydrogen (secondary N) is 1. The number of nitrogens with zero attached hydrogens (tertiary/aromatic N) is 3. The van der Waals surface area contributed by atoms with Gasteiger partial charge in [0.1, 0.15) is 15.1 Å². The summed E-state index contributed by atoms with van der Waals surface area (Å²) in [5.41, 5.74) is 1.90. The van der Waals surface area contributed by atoms with Crippen LogP contribution in [-0.4, -0.2) is 40.4 Å². The van der Waals surface area contributed by atoms with E-state index in [9.17, 15) is 9.59 Å². The van der Waals surface area contributed by atoms with Gasteiger partial charge in [-0.25, -0.2) is 9.97 Å². The number of rotatable bonds is 7. The molecule has 0 saturated carbocycles. The van der Waals surface area contributed by atoms with Crippen molar-refractivity contribution < 1.29 is 19.1 Å². The second-order valence-corrected chi connectivity index (χ2v) is 9.13. The zero-order valence-corrected chi connectivity index (χ0v) is 20.1. The Kier molecular flexibility index (Phi) is 6.55. The minimum atomic E-state index is -0.795. The van der Waals surface area contributed by atoms with E-state index < -0.39 is 11.7 Å². The molecule has 0 aliphatic carbocycles. The van der Waals surface area contributed by atoms with Gasteiger partial charge < -0.3 is 19.4 Å². The molecule has 1 amide bonds. The maximum Gasteiger partial charge on any atom is 0.296 e. The minimum absolute atomic E-state index is 0.251. The highest BCUT2D eigenvalue weighted by molar-refractivity contribution is 7.15. The van der Waals surface area contributed by atoms with Gasteiger partial charge in [-0.1, -0.05) is 23.2 Å². The van der Waals surface area contributed by atoms with E-state index in [0.29, 0.717) is 49.8 Å². The predicted molar refractivity (Wildman–Crippen MR) is 128 cm³/mol. The summed E-state index contributed by atoms with van der Waals surface area (Å²) >= 11 is 13.7. The number of ketones is 1. The average molecular weight is 505 g/mol. The van der Waals surface area contributed by atoms with Crippen LogP contribution < -0.4 is 14.8 Å². The van der Waals surface area contributed by atoms with E-state index in [1.165, 1.54) is 37.8 Å². The van der Waals surface area contributed by atoms with Crippen molar-refractivity contribution in [1.29, 1.82) is 0 Å². The number of anilines is 1. The predicted octanol–water partition coefficient (Wildman–Crippen LogP) is 4.99. The number of thiazole rings is 1. The number of ether oxygens (including phenoxy) is 2. The molecule has 0 aliphatic heterocycles. The zero-order chi connectivity index (χ0) is 23.7. The largest absolute Gasteiger partial charge is 0.495 e. The van der Waals surface area contributed by atoms with Crippen LogP contribution in [0.5, 0.6) is 11.6 Å². The van der Waals surface area contributed by atoms with Crippen LogP contribution in [0, 0.1) is 6.92 Å². The number of Topliss-reactive ketones (excluding diaryl/α,β-unsaturated/α-hetero) is 1. The lowest BCUT2D eigenvalue weighted by Gasteiger charge is -2.08. The fourth-order valence-electron chi connectivity index (χ4n) is 3.52. The number of benzene rings is 1. The third-order valence-corrected chi connectivity index (χ3v) is 6.45. The van der Waals surface area contributed by atoms with Crippen molar-refractivity contribution in [2.75, 3.05) is 19.5 Å². The Labute approximate surface area is 203 Å². The number of hydrogen-bond donors (Lipinski definition) is 1. The molecule has 3 heterocycles. The molecule has 0 fully saturated rings. The smallest absolute Gasteiger partial charge is 0.296 e. The van der Waals surface area contributed by atoms with Crippen molar-refractivity contribution >= 4 is 62.8 Å². The molecular formula is C22H18Cl2N4O4S. The Morgan fingerprint density at radius 1 is 1.15 bits per heavy atom. The summed E-state index contributed by atoms with van der Waals surface area (Å²) < 4.78 is 12.8. The molecule has 4 rings (SSSR count). The van der Waals surface area contributed by atoms with Gasteiger partial charge in [-0.3, -0.25) is 9.59 Å². The highest BCUT2D eigenvalue weighted by atomic mass is 35.5. The summed E-state index contributed by atoms with van der Waals surface area (Å²) in [7, 11) is 2.95. The lowest BCUT2D eigenvalue weighted by molar-refractivity contribution is -0.112. The van der Waals surface area contributed by atoms with E-state index in [2.05, 4.69) is 15.3 Å². The van der Waals surface area contributed by atoms with Crippen LogP contribution in [0.15, 0.2) is 36.7 Å². The molecule has 1 aromatic carbocycles. The number of halogens is 2. The van der Waals surface area contributed by atoms with Gasteiger partial charge in [0, 0.05) is 29.0 Å². The van der Waals surface area contributed by atoms with Crippen molar-refractivity contribution in [1.82, 2.24) is 14.5 Å². The number of carbonyl (C=O) groups is 2. The molecule has 0 spiro atoms. The van der Waals surface area contributed by atoms with Crippen molar-refractivity contribution in [2.45, 2.75) is 13.5 Å². The Morgan fingerprint density at radius 3 is 2.61 bits per heavy atom. The SMILES string of the molecule is COc1cc(NC(=O)C(=O)c2c(C)n(Cc3ncc(Cl)s3)c3cc(Cl)c(OC)cc23)ccn1. The molecule has 0 atom stereocenters. The fraction of sp³-hybridized carbons (Fsp3) is 0.182. The molecule has 1 N–H and O–H groups in total. The zero-order valence-electron chi connectivity index (χ0n) is 17.8. The van der Waals surface area contributed by atoms with Gasteiger partial charge in [-0.15, -0.1) is 11.3 Å². The number of aromatic nitrogens is 3. The molecule has 170 valence electrons. The Morgan fingerprint density at radius 2 is 1.94 bits per heavy atom. The number of fused-ring (bicyclic) bond motifs is 1. The Balaban J connectivity index is 1.78. The highest BCUT2D eigenvalue weighted by Gasteiger charge is 2.27. The van der Waals surface area contributed by atoms with Crippen LogP contribution in [0.4, 0.5) is 5.69 Å². The Hall–Kier alpha value is -3.14. The molecular weight excluding hydrogens is 487 g/mol. The van der Waals surface area contributed by atoms with Crippen LogP contribution in [0.1, 0.15) is 21.1 Å². The van der Waals surface area contributed by atoms with Gasteiger partial charge in [0.15, 0.2) is 0 Å². The maximum absolute atomic E-state index is 13.3. The summed E-state index contributed by atoms with van der Waals surface area (Å²) in [4.78, 5) is 34.5. The van der Waals surface area contributed by atoms with Gasteiger partial charge >= 0.3 is 0 Å². The first-order valence-corrected chi connectivity index (χ1v) is 11.2. The molecule has 0 bridgehead atoms. The summed E-state index contributed by atoms with van der Waals surface area (Å²) in [6, 6.07) is 6.46. The summed E-state index contributed by atoms with van der Waals surface area (Å²) in [5, 5.41) is 4.28. The minimum Gasteiger partial charge on any atom is -0.495 e. The van der Waals surface area contributed by atoms with Crippen LogP contribution in [0.2, 0.25) is 9.36 Å². The summed E-state index contributed by atoms with van der Waals surface area (Å²) in [6.07, 6.45) is 3.04. The molecule has 8 nitrogen and oxygen atoms in total. The van der Waals surface area contributed by atoms with E-state index in [0.717, 1.165) is 5.01 Å². The molecule has 3 aromatic heterocycles. The second-order valence-electron chi connectivity index (χ2n) is 6.98. The van der Waals surface area contributed by atoms with E-state index in [1.807, 2.05) is 4.57 Å². The molecule has 0 saturated heterocycles. The number of carbonyl (C=O) groups excluding carboxylic acids is 2. The van der Waals surface area contributed by atoms with Gasteiger partial charge in [0.25, 0.3) is 11.7 Å². The summed E-state index contributed by atoms with van der Waals surface area (Å²) in [5.74, 6) is -0.786. The first-order valence-electron chi connectivity index (χ1n) is 9.64. The number of pyridine rings is 1. The lowest BCUT2D eigenvalue weighted by atomic mass is 10.1. The third-order valence-electron chi connectivity index (χ3n) is 5.05. The monoisotopic (exact) mass is 504 g/mol. The van der Waals surface area contributed by atoms with E-state index >= 15 is 0 Å².